The molecular weight excluding hydrogens is 240 g/mol. The van der Waals surface area contributed by atoms with Gasteiger partial charge in [0.05, 0.1) is 17.6 Å². The molecule has 2 N–H and O–H groups in total. The minimum atomic E-state index is 0.0667. The monoisotopic (exact) mass is 254 g/mol. The van der Waals surface area contributed by atoms with Crippen molar-refractivity contribution in [2.75, 3.05) is 11.9 Å². The van der Waals surface area contributed by atoms with Gasteiger partial charge in [-0.2, -0.15) is 0 Å². The van der Waals surface area contributed by atoms with Gasteiger partial charge in [-0.25, -0.2) is 9.97 Å². The Labute approximate surface area is 110 Å². The minimum Gasteiger partial charge on any atom is -0.395 e. The molecular formula is C14H14N4O. The van der Waals surface area contributed by atoms with Crippen LogP contribution in [0.1, 0.15) is 0 Å². The number of nitrogens with one attached hydrogen (secondary N) is 1. The molecule has 19 heavy (non-hydrogen) atoms. The van der Waals surface area contributed by atoms with E-state index in [0.29, 0.717) is 12.5 Å². The Balaban J connectivity index is 2.04. The van der Waals surface area contributed by atoms with Gasteiger partial charge in [0.25, 0.3) is 0 Å². The van der Waals surface area contributed by atoms with E-state index in [1.54, 1.807) is 6.20 Å². The van der Waals surface area contributed by atoms with Gasteiger partial charge in [0.1, 0.15) is 5.82 Å². The molecule has 0 atom stereocenters. The van der Waals surface area contributed by atoms with Crippen LogP contribution >= 0.6 is 0 Å². The lowest BCUT2D eigenvalue weighted by Gasteiger charge is -2.08. The van der Waals surface area contributed by atoms with Crippen LogP contribution < -0.4 is 5.32 Å². The lowest BCUT2D eigenvalue weighted by Crippen LogP contribution is -2.07. The Morgan fingerprint density at radius 3 is 2.74 bits per heavy atom. The normalized spacial score (nSPS) is 10.8. The third-order valence-corrected chi connectivity index (χ3v) is 2.88. The van der Waals surface area contributed by atoms with Crippen LogP contribution in [0.4, 0.5) is 11.8 Å². The molecule has 0 unspecified atom stereocenters. The number of aromatic nitrogens is 3. The van der Waals surface area contributed by atoms with Gasteiger partial charge in [-0.05, 0) is 24.3 Å². The smallest absolute Gasteiger partial charge is 0.209 e. The Morgan fingerprint density at radius 2 is 1.95 bits per heavy atom. The van der Waals surface area contributed by atoms with Gasteiger partial charge >= 0.3 is 0 Å². The second kappa shape index (κ2) is 5.07. The Kier molecular flexibility index (Phi) is 3.12. The van der Waals surface area contributed by atoms with Gasteiger partial charge in [-0.3, -0.25) is 0 Å². The first kappa shape index (κ1) is 11.7. The van der Waals surface area contributed by atoms with Crippen molar-refractivity contribution in [2.24, 2.45) is 0 Å². The molecule has 0 aliphatic carbocycles. The molecule has 0 spiro atoms. The number of imidazole rings is 1. The fraction of sp³-hybridized carbons (Fsp3) is 0.143. The van der Waals surface area contributed by atoms with Gasteiger partial charge in [0, 0.05) is 12.7 Å². The number of fused-ring (bicyclic) bond motifs is 1. The molecule has 5 nitrogen and oxygen atoms in total. The largest absolute Gasteiger partial charge is 0.395 e. The van der Waals surface area contributed by atoms with Crippen LogP contribution in [0.15, 0.2) is 48.7 Å². The summed E-state index contributed by atoms with van der Waals surface area (Å²) in [6.07, 6.45) is 1.72. The van der Waals surface area contributed by atoms with E-state index < -0.39 is 0 Å². The number of hydrogen-bond acceptors (Lipinski definition) is 4. The van der Waals surface area contributed by atoms with Gasteiger partial charge in [-0.15, -0.1) is 0 Å². The number of anilines is 2. The van der Waals surface area contributed by atoms with E-state index in [2.05, 4.69) is 15.3 Å². The molecule has 5 heteroatoms. The second-order valence-electron chi connectivity index (χ2n) is 4.14. The molecule has 2 aromatic heterocycles. The third-order valence-electron chi connectivity index (χ3n) is 2.88. The number of aliphatic hydroxyl groups excluding tert-OH is 1. The summed E-state index contributed by atoms with van der Waals surface area (Å²) in [4.78, 5) is 8.75. The highest BCUT2D eigenvalue weighted by Crippen LogP contribution is 2.21. The van der Waals surface area contributed by atoms with Crippen LogP contribution in [-0.2, 0) is 6.54 Å². The average Bonchev–Trinajstić information content (AvgIpc) is 2.79. The summed E-state index contributed by atoms with van der Waals surface area (Å²) in [5, 5.41) is 12.4. The second-order valence-corrected chi connectivity index (χ2v) is 4.14. The van der Waals surface area contributed by atoms with Crippen LogP contribution in [0.5, 0.6) is 0 Å². The summed E-state index contributed by atoms with van der Waals surface area (Å²) >= 11 is 0. The zero-order chi connectivity index (χ0) is 13.1. The summed E-state index contributed by atoms with van der Waals surface area (Å²) in [5.41, 5.74) is 1.89. The molecule has 0 bridgehead atoms. The van der Waals surface area contributed by atoms with Crippen molar-refractivity contribution in [3.05, 3.63) is 48.7 Å². The molecule has 3 aromatic rings. The van der Waals surface area contributed by atoms with E-state index in [9.17, 15) is 5.11 Å². The molecule has 0 saturated carbocycles. The number of pyridine rings is 1. The van der Waals surface area contributed by atoms with Crippen molar-refractivity contribution < 1.29 is 5.11 Å². The lowest BCUT2D eigenvalue weighted by atomic mass is 10.3. The molecule has 0 saturated heterocycles. The van der Waals surface area contributed by atoms with E-state index >= 15 is 0 Å². The first-order valence-electron chi connectivity index (χ1n) is 6.12. The highest BCUT2D eigenvalue weighted by atomic mass is 16.3. The molecule has 0 aliphatic rings. The number of hydrogen-bond donors (Lipinski definition) is 2. The van der Waals surface area contributed by atoms with Gasteiger partial charge < -0.3 is 15.0 Å². The van der Waals surface area contributed by atoms with Crippen molar-refractivity contribution in [3.8, 4) is 0 Å². The zero-order valence-electron chi connectivity index (χ0n) is 10.3. The first-order valence-corrected chi connectivity index (χ1v) is 6.12. The molecule has 0 fully saturated rings. The fourth-order valence-corrected chi connectivity index (χ4v) is 2.05. The maximum absolute atomic E-state index is 9.20. The van der Waals surface area contributed by atoms with E-state index in [4.69, 9.17) is 0 Å². The highest BCUT2D eigenvalue weighted by Gasteiger charge is 2.10. The van der Waals surface area contributed by atoms with E-state index in [1.807, 2.05) is 47.0 Å². The first-order chi connectivity index (χ1) is 9.38. The van der Waals surface area contributed by atoms with E-state index in [-0.39, 0.29) is 6.61 Å². The third kappa shape index (κ3) is 2.28. The maximum Gasteiger partial charge on any atom is 0.209 e. The molecule has 96 valence electrons. The molecule has 2 heterocycles. The van der Waals surface area contributed by atoms with Crippen molar-refractivity contribution in [1.29, 1.82) is 0 Å². The van der Waals surface area contributed by atoms with Crippen molar-refractivity contribution in [2.45, 2.75) is 6.54 Å². The Morgan fingerprint density at radius 1 is 1.11 bits per heavy atom. The number of benzene rings is 1. The number of nitrogens with zero attached hydrogens (tertiary/aromatic N) is 3. The summed E-state index contributed by atoms with van der Waals surface area (Å²) < 4.78 is 1.95. The molecule has 0 aliphatic heterocycles. The van der Waals surface area contributed by atoms with Gasteiger partial charge in [-0.1, -0.05) is 18.2 Å². The summed E-state index contributed by atoms with van der Waals surface area (Å²) in [5.74, 6) is 1.42. The molecule has 1 aromatic carbocycles. The predicted octanol–water partition coefficient (Wildman–Crippen LogP) is 2.17. The topological polar surface area (TPSA) is 63.0 Å². The van der Waals surface area contributed by atoms with Gasteiger partial charge in [0.15, 0.2) is 0 Å². The van der Waals surface area contributed by atoms with Crippen molar-refractivity contribution in [3.63, 3.8) is 0 Å². The minimum absolute atomic E-state index is 0.0667. The van der Waals surface area contributed by atoms with Crippen LogP contribution in [0, 0.1) is 0 Å². The van der Waals surface area contributed by atoms with Crippen LogP contribution in [0.3, 0.4) is 0 Å². The standard InChI is InChI=1S/C14H14N4O/c19-10-9-18-12-6-2-1-5-11(12)16-14(18)17-13-7-3-4-8-15-13/h1-8,19H,9-10H2,(H,15,16,17). The van der Waals surface area contributed by atoms with Crippen molar-refractivity contribution in [1.82, 2.24) is 14.5 Å². The summed E-state index contributed by atoms with van der Waals surface area (Å²) in [7, 11) is 0. The van der Waals surface area contributed by atoms with Gasteiger partial charge in [0.2, 0.25) is 5.95 Å². The Hall–Kier alpha value is -2.40. The molecule has 0 radical (unpaired) electrons. The van der Waals surface area contributed by atoms with Crippen LogP contribution in [0.25, 0.3) is 11.0 Å². The SMILES string of the molecule is OCCn1c(Nc2ccccn2)nc2ccccc21. The van der Waals surface area contributed by atoms with Crippen molar-refractivity contribution >= 4 is 22.8 Å². The summed E-state index contributed by atoms with van der Waals surface area (Å²) in [6, 6.07) is 13.5. The Bertz CT molecular complexity index is 678. The predicted molar refractivity (Wildman–Crippen MR) is 74.3 cm³/mol. The van der Waals surface area contributed by atoms with Crippen LogP contribution in [-0.4, -0.2) is 26.2 Å². The van der Waals surface area contributed by atoms with E-state index in [0.717, 1.165) is 16.9 Å². The van der Waals surface area contributed by atoms with Crippen LogP contribution in [0.2, 0.25) is 0 Å². The average molecular weight is 254 g/mol. The molecule has 3 rings (SSSR count). The zero-order valence-corrected chi connectivity index (χ0v) is 10.3. The fourth-order valence-electron chi connectivity index (χ4n) is 2.05. The lowest BCUT2D eigenvalue weighted by molar-refractivity contribution is 0.278. The van der Waals surface area contributed by atoms with E-state index in [1.165, 1.54) is 0 Å². The summed E-state index contributed by atoms with van der Waals surface area (Å²) in [6.45, 7) is 0.562. The number of rotatable bonds is 4. The number of para-hydroxylation sites is 2. The maximum atomic E-state index is 9.20. The molecule has 0 amide bonds. The number of aliphatic hydroxyl groups is 1. The quantitative estimate of drug-likeness (QED) is 0.749. The highest BCUT2D eigenvalue weighted by molar-refractivity contribution is 5.79.